The molecule has 2 aromatic heterocycles. The lowest BCUT2D eigenvalue weighted by atomic mass is 10.0. The van der Waals surface area contributed by atoms with E-state index in [9.17, 15) is 23.1 Å². The van der Waals surface area contributed by atoms with Crippen LogP contribution in [0.15, 0.2) is 47.1 Å². The topological polar surface area (TPSA) is 114 Å². The highest BCUT2D eigenvalue weighted by molar-refractivity contribution is 5.90. The van der Waals surface area contributed by atoms with Crippen LogP contribution in [0.1, 0.15) is 17.9 Å². The molecule has 0 bridgehead atoms. The summed E-state index contributed by atoms with van der Waals surface area (Å²) < 4.78 is 45.6. The first-order valence-corrected chi connectivity index (χ1v) is 9.79. The maximum absolute atomic E-state index is 12.5. The van der Waals surface area contributed by atoms with Crippen LogP contribution in [-0.4, -0.2) is 50.6 Å². The van der Waals surface area contributed by atoms with E-state index in [2.05, 4.69) is 25.2 Å². The minimum absolute atomic E-state index is 0.0475. The quantitative estimate of drug-likeness (QED) is 0.593. The first-order valence-electron chi connectivity index (χ1n) is 9.79. The average molecular weight is 461 g/mol. The number of nitrogens with one attached hydrogen (secondary N) is 1. The highest BCUT2D eigenvalue weighted by Gasteiger charge is 2.31. The smallest absolute Gasteiger partial charge is 0.506 e. The van der Waals surface area contributed by atoms with Crippen molar-refractivity contribution in [1.82, 2.24) is 20.0 Å². The Morgan fingerprint density at radius 1 is 1.27 bits per heavy atom. The minimum Gasteiger partial charge on any atom is -0.506 e. The molecule has 0 fully saturated rings. The molecule has 0 spiro atoms. The zero-order chi connectivity index (χ0) is 23.6. The SMILES string of the molecule is Cc1noc(-c2cnc(C3=CCN(C(=O)Nc4ccc(OC(F)(F)F)cc4)CC3)c(O)c2)n1. The number of anilines is 1. The van der Waals surface area contributed by atoms with E-state index >= 15 is 0 Å². The number of ether oxygens (including phenoxy) is 1. The lowest BCUT2D eigenvalue weighted by Gasteiger charge is -2.26. The Balaban J connectivity index is 1.38. The molecular formula is C21H18F3N5O4. The van der Waals surface area contributed by atoms with Gasteiger partial charge >= 0.3 is 12.4 Å². The molecule has 2 amide bonds. The summed E-state index contributed by atoms with van der Waals surface area (Å²) in [6, 6.07) is 5.95. The lowest BCUT2D eigenvalue weighted by Crippen LogP contribution is -2.37. The van der Waals surface area contributed by atoms with Gasteiger partial charge in [-0.05, 0) is 49.2 Å². The Kier molecular flexibility index (Phi) is 5.90. The first-order chi connectivity index (χ1) is 15.7. The molecule has 3 heterocycles. The third kappa shape index (κ3) is 5.40. The number of halogens is 3. The molecule has 33 heavy (non-hydrogen) atoms. The molecule has 2 N–H and O–H groups in total. The second-order valence-corrected chi connectivity index (χ2v) is 7.17. The predicted molar refractivity (Wildman–Crippen MR) is 110 cm³/mol. The third-order valence-corrected chi connectivity index (χ3v) is 4.78. The van der Waals surface area contributed by atoms with Crippen LogP contribution < -0.4 is 10.1 Å². The third-order valence-electron chi connectivity index (χ3n) is 4.78. The fourth-order valence-corrected chi connectivity index (χ4v) is 3.24. The molecule has 0 radical (unpaired) electrons. The number of amides is 2. The second-order valence-electron chi connectivity index (χ2n) is 7.17. The summed E-state index contributed by atoms with van der Waals surface area (Å²) >= 11 is 0. The van der Waals surface area contributed by atoms with Gasteiger partial charge in [-0.1, -0.05) is 11.2 Å². The number of carbonyl (C=O) groups is 1. The molecule has 0 unspecified atom stereocenters. The summed E-state index contributed by atoms with van der Waals surface area (Å²) in [5, 5.41) is 16.7. The monoisotopic (exact) mass is 461 g/mol. The van der Waals surface area contributed by atoms with Gasteiger partial charge in [-0.15, -0.1) is 13.2 Å². The number of carbonyl (C=O) groups excluding carboxylic acids is 1. The Labute approximate surface area is 185 Å². The van der Waals surface area contributed by atoms with Gasteiger partial charge in [0.05, 0.1) is 5.56 Å². The Morgan fingerprint density at radius 3 is 2.61 bits per heavy atom. The Morgan fingerprint density at radius 2 is 2.03 bits per heavy atom. The van der Waals surface area contributed by atoms with Crippen molar-refractivity contribution in [3.05, 3.63) is 54.1 Å². The van der Waals surface area contributed by atoms with Crippen LogP contribution in [0.5, 0.6) is 11.5 Å². The van der Waals surface area contributed by atoms with Crippen LogP contribution in [0.4, 0.5) is 23.7 Å². The number of alkyl halides is 3. The Hall–Kier alpha value is -4.09. The first kappa shape index (κ1) is 22.1. The van der Waals surface area contributed by atoms with Gasteiger partial charge in [0.15, 0.2) is 5.82 Å². The highest BCUT2D eigenvalue weighted by Crippen LogP contribution is 2.31. The van der Waals surface area contributed by atoms with Crippen molar-refractivity contribution in [1.29, 1.82) is 0 Å². The molecular weight excluding hydrogens is 443 g/mol. The fourth-order valence-electron chi connectivity index (χ4n) is 3.24. The molecule has 0 saturated carbocycles. The zero-order valence-electron chi connectivity index (χ0n) is 17.3. The molecule has 172 valence electrons. The molecule has 3 aromatic rings. The molecule has 0 saturated heterocycles. The number of benzene rings is 1. The van der Waals surface area contributed by atoms with Crippen molar-refractivity contribution in [2.75, 3.05) is 18.4 Å². The number of nitrogens with zero attached hydrogens (tertiary/aromatic N) is 4. The summed E-state index contributed by atoms with van der Waals surface area (Å²) in [4.78, 5) is 22.4. The Bertz CT molecular complexity index is 1190. The summed E-state index contributed by atoms with van der Waals surface area (Å²) in [5.74, 6) is 0.292. The van der Waals surface area contributed by atoms with Crippen LogP contribution in [0.2, 0.25) is 0 Å². The van der Waals surface area contributed by atoms with Crippen molar-refractivity contribution in [3.63, 3.8) is 0 Å². The number of urea groups is 1. The van der Waals surface area contributed by atoms with E-state index in [1.54, 1.807) is 13.0 Å². The second kappa shape index (κ2) is 8.81. The number of aromatic nitrogens is 3. The van der Waals surface area contributed by atoms with Gasteiger partial charge in [-0.25, -0.2) is 4.79 Å². The molecule has 12 heteroatoms. The van der Waals surface area contributed by atoms with Gasteiger partial charge in [0.1, 0.15) is 17.2 Å². The number of hydrogen-bond donors (Lipinski definition) is 2. The van der Waals surface area contributed by atoms with Crippen LogP contribution in [0, 0.1) is 6.92 Å². The summed E-state index contributed by atoms with van der Waals surface area (Å²) in [6.07, 6.45) is -1.03. The summed E-state index contributed by atoms with van der Waals surface area (Å²) in [7, 11) is 0. The van der Waals surface area contributed by atoms with E-state index in [0.717, 1.165) is 17.7 Å². The zero-order valence-corrected chi connectivity index (χ0v) is 17.3. The van der Waals surface area contributed by atoms with Crippen molar-refractivity contribution in [2.24, 2.45) is 0 Å². The van der Waals surface area contributed by atoms with Crippen LogP contribution in [0.25, 0.3) is 17.0 Å². The van der Waals surface area contributed by atoms with Crippen LogP contribution in [-0.2, 0) is 0 Å². The summed E-state index contributed by atoms with van der Waals surface area (Å²) in [5.41, 5.74) is 1.99. The largest absolute Gasteiger partial charge is 0.573 e. The van der Waals surface area contributed by atoms with Gasteiger partial charge in [0.25, 0.3) is 5.89 Å². The number of pyridine rings is 1. The van der Waals surface area contributed by atoms with Crippen molar-refractivity contribution >= 4 is 17.3 Å². The van der Waals surface area contributed by atoms with E-state index in [1.807, 2.05) is 0 Å². The van der Waals surface area contributed by atoms with E-state index in [0.29, 0.717) is 35.7 Å². The van der Waals surface area contributed by atoms with E-state index in [1.165, 1.54) is 29.3 Å². The number of rotatable bonds is 4. The van der Waals surface area contributed by atoms with Gasteiger partial charge in [-0.3, -0.25) is 4.98 Å². The molecule has 0 atom stereocenters. The van der Waals surface area contributed by atoms with Crippen molar-refractivity contribution in [3.8, 4) is 23.0 Å². The predicted octanol–water partition coefficient (Wildman–Crippen LogP) is 4.37. The highest BCUT2D eigenvalue weighted by atomic mass is 19.4. The molecule has 1 aliphatic heterocycles. The number of aromatic hydroxyl groups is 1. The van der Waals surface area contributed by atoms with Gasteiger partial charge in [0.2, 0.25) is 0 Å². The number of aryl methyl sites for hydroxylation is 1. The van der Waals surface area contributed by atoms with E-state index in [4.69, 9.17) is 4.52 Å². The van der Waals surface area contributed by atoms with Gasteiger partial charge < -0.3 is 24.6 Å². The maximum Gasteiger partial charge on any atom is 0.573 e. The summed E-state index contributed by atoms with van der Waals surface area (Å²) in [6.45, 7) is 2.31. The molecule has 0 aliphatic carbocycles. The molecule has 1 aromatic carbocycles. The van der Waals surface area contributed by atoms with E-state index < -0.39 is 12.4 Å². The molecule has 1 aliphatic rings. The van der Waals surface area contributed by atoms with Crippen molar-refractivity contribution < 1.29 is 32.3 Å². The molecule has 9 nitrogen and oxygen atoms in total. The number of hydrogen-bond acceptors (Lipinski definition) is 7. The average Bonchev–Trinajstić information content (AvgIpc) is 3.20. The van der Waals surface area contributed by atoms with Gasteiger partial charge in [0, 0.05) is 25.0 Å². The lowest BCUT2D eigenvalue weighted by molar-refractivity contribution is -0.274. The van der Waals surface area contributed by atoms with Crippen LogP contribution >= 0.6 is 0 Å². The normalized spacial score (nSPS) is 14.1. The maximum atomic E-state index is 12.5. The molecule has 4 rings (SSSR count). The fraction of sp³-hybridized carbons (Fsp3) is 0.238. The van der Waals surface area contributed by atoms with Gasteiger partial charge in [-0.2, -0.15) is 4.98 Å². The van der Waals surface area contributed by atoms with Crippen molar-refractivity contribution in [2.45, 2.75) is 19.7 Å². The van der Waals surface area contributed by atoms with Crippen LogP contribution in [0.3, 0.4) is 0 Å². The standard InChI is InChI=1S/C21H18F3N5O4/c1-12-26-19(33-28-12)14-10-17(30)18(25-11-14)13-6-8-29(9-7-13)20(31)27-15-2-4-16(5-3-15)32-21(22,23)24/h2-6,10-11,30H,7-9H2,1H3,(H,27,31). The van der Waals surface area contributed by atoms with E-state index in [-0.39, 0.29) is 23.9 Å². The minimum atomic E-state index is -4.78.